The molecule has 15 heavy (non-hydrogen) atoms. The monoisotopic (exact) mass is 240 g/mol. The molecule has 1 aromatic carbocycles. The predicted octanol–water partition coefficient (Wildman–Crippen LogP) is 2.84. The van der Waals surface area contributed by atoms with Crippen LogP contribution in [0.5, 0.6) is 0 Å². The molecule has 0 aromatic heterocycles. The standard InChI is InChI=1S/C11H13ClN2S/c1-8-3-2-4-9(10(8)12)7-14-11-13-5-6-15-11/h2-4H,5-7H2,1H3,(H,13,14). The Kier molecular flexibility index (Phi) is 3.54. The molecule has 1 N–H and O–H groups in total. The van der Waals surface area contributed by atoms with Crippen LogP contribution < -0.4 is 5.32 Å². The minimum absolute atomic E-state index is 0.756. The molecule has 4 heteroatoms. The van der Waals surface area contributed by atoms with Crippen molar-refractivity contribution in [1.29, 1.82) is 0 Å². The smallest absolute Gasteiger partial charge is 0.156 e. The number of thioether (sulfide) groups is 1. The maximum Gasteiger partial charge on any atom is 0.156 e. The number of nitrogens with one attached hydrogen (secondary N) is 1. The van der Waals surface area contributed by atoms with Gasteiger partial charge in [0, 0.05) is 17.3 Å². The summed E-state index contributed by atoms with van der Waals surface area (Å²) in [6, 6.07) is 6.10. The van der Waals surface area contributed by atoms with E-state index in [1.807, 2.05) is 25.1 Å². The van der Waals surface area contributed by atoms with Crippen LogP contribution in [0.15, 0.2) is 23.2 Å². The van der Waals surface area contributed by atoms with Gasteiger partial charge in [0.15, 0.2) is 5.17 Å². The largest absolute Gasteiger partial charge is 0.361 e. The van der Waals surface area contributed by atoms with Crippen LogP contribution >= 0.6 is 23.4 Å². The Bertz CT molecular complexity index is 390. The molecule has 80 valence electrons. The summed E-state index contributed by atoms with van der Waals surface area (Å²) in [7, 11) is 0. The highest BCUT2D eigenvalue weighted by Gasteiger charge is 2.07. The van der Waals surface area contributed by atoms with Crippen LogP contribution in [0.25, 0.3) is 0 Å². The third kappa shape index (κ3) is 2.67. The SMILES string of the molecule is Cc1cccc(CNC2=NCCS2)c1Cl. The first-order valence-corrected chi connectivity index (χ1v) is 6.29. The predicted molar refractivity (Wildman–Crippen MR) is 67.8 cm³/mol. The summed E-state index contributed by atoms with van der Waals surface area (Å²) >= 11 is 7.96. The van der Waals surface area contributed by atoms with Crippen LogP contribution in [0, 0.1) is 6.92 Å². The highest BCUT2D eigenvalue weighted by Crippen LogP contribution is 2.20. The van der Waals surface area contributed by atoms with E-state index in [-0.39, 0.29) is 0 Å². The number of hydrogen-bond donors (Lipinski definition) is 1. The second-order valence-electron chi connectivity index (χ2n) is 3.44. The van der Waals surface area contributed by atoms with E-state index >= 15 is 0 Å². The molecule has 0 fully saturated rings. The average molecular weight is 241 g/mol. The van der Waals surface area contributed by atoms with Gasteiger partial charge in [0.05, 0.1) is 6.54 Å². The van der Waals surface area contributed by atoms with E-state index in [2.05, 4.69) is 10.3 Å². The van der Waals surface area contributed by atoms with Crippen LogP contribution in [0.1, 0.15) is 11.1 Å². The minimum Gasteiger partial charge on any atom is -0.361 e. The number of halogens is 1. The lowest BCUT2D eigenvalue weighted by Crippen LogP contribution is -2.18. The fourth-order valence-corrected chi connectivity index (χ4v) is 2.38. The molecule has 2 rings (SSSR count). The van der Waals surface area contributed by atoms with Crippen molar-refractivity contribution in [3.8, 4) is 0 Å². The highest BCUT2D eigenvalue weighted by atomic mass is 35.5. The summed E-state index contributed by atoms with van der Waals surface area (Å²) in [5, 5.41) is 5.18. The van der Waals surface area contributed by atoms with Crippen molar-refractivity contribution in [2.45, 2.75) is 13.5 Å². The number of amidine groups is 1. The minimum atomic E-state index is 0.756. The Labute approximate surface area is 99.1 Å². The Balaban J connectivity index is 2.01. The molecule has 0 bridgehead atoms. The summed E-state index contributed by atoms with van der Waals surface area (Å²) in [6.07, 6.45) is 0. The maximum absolute atomic E-state index is 6.19. The summed E-state index contributed by atoms with van der Waals surface area (Å²) in [5.74, 6) is 1.09. The van der Waals surface area contributed by atoms with E-state index in [0.29, 0.717) is 0 Å². The van der Waals surface area contributed by atoms with Gasteiger partial charge >= 0.3 is 0 Å². The molecule has 0 radical (unpaired) electrons. The van der Waals surface area contributed by atoms with Crippen LogP contribution in [0.2, 0.25) is 5.02 Å². The first-order chi connectivity index (χ1) is 7.27. The summed E-state index contributed by atoms with van der Waals surface area (Å²) in [6.45, 7) is 3.70. The van der Waals surface area contributed by atoms with Crippen LogP contribution in [0.3, 0.4) is 0 Å². The van der Waals surface area contributed by atoms with Gasteiger partial charge < -0.3 is 5.32 Å². The zero-order valence-corrected chi connectivity index (χ0v) is 10.2. The van der Waals surface area contributed by atoms with Crippen molar-refractivity contribution in [2.24, 2.45) is 4.99 Å². The first-order valence-electron chi connectivity index (χ1n) is 4.92. The van der Waals surface area contributed by atoms with Gasteiger partial charge in [0.2, 0.25) is 0 Å². The third-order valence-corrected chi connectivity index (χ3v) is 3.76. The Morgan fingerprint density at radius 2 is 2.40 bits per heavy atom. The fourth-order valence-electron chi connectivity index (χ4n) is 1.46. The van der Waals surface area contributed by atoms with E-state index in [1.54, 1.807) is 11.8 Å². The Hall–Kier alpha value is -0.670. The molecular weight excluding hydrogens is 228 g/mol. The molecule has 0 spiro atoms. The van der Waals surface area contributed by atoms with E-state index < -0.39 is 0 Å². The van der Waals surface area contributed by atoms with Crippen LogP contribution in [-0.4, -0.2) is 17.5 Å². The van der Waals surface area contributed by atoms with Gasteiger partial charge in [-0.25, -0.2) is 0 Å². The number of benzene rings is 1. The second kappa shape index (κ2) is 4.90. The molecule has 2 nitrogen and oxygen atoms in total. The summed E-state index contributed by atoms with van der Waals surface area (Å²) in [5.41, 5.74) is 2.25. The fraction of sp³-hybridized carbons (Fsp3) is 0.364. The van der Waals surface area contributed by atoms with E-state index in [4.69, 9.17) is 11.6 Å². The summed E-state index contributed by atoms with van der Waals surface area (Å²) < 4.78 is 0. The lowest BCUT2D eigenvalue weighted by atomic mass is 10.1. The number of nitrogens with zero attached hydrogens (tertiary/aromatic N) is 1. The van der Waals surface area contributed by atoms with Gasteiger partial charge in [-0.05, 0) is 18.1 Å². The van der Waals surface area contributed by atoms with E-state index in [9.17, 15) is 0 Å². The second-order valence-corrected chi connectivity index (χ2v) is 4.90. The number of aliphatic imine (C=N–C) groups is 1. The van der Waals surface area contributed by atoms with Crippen LogP contribution in [-0.2, 0) is 6.54 Å². The molecule has 1 heterocycles. The van der Waals surface area contributed by atoms with Crippen molar-refractivity contribution in [3.05, 3.63) is 34.3 Å². The number of hydrogen-bond acceptors (Lipinski definition) is 3. The Morgan fingerprint density at radius 1 is 1.53 bits per heavy atom. The third-order valence-electron chi connectivity index (χ3n) is 2.29. The average Bonchev–Trinajstić information content (AvgIpc) is 2.73. The van der Waals surface area contributed by atoms with E-state index in [1.165, 1.54) is 0 Å². The van der Waals surface area contributed by atoms with Gasteiger partial charge in [-0.3, -0.25) is 4.99 Å². The molecule has 1 aliphatic rings. The van der Waals surface area contributed by atoms with Gasteiger partial charge in [0.25, 0.3) is 0 Å². The number of rotatable bonds is 2. The van der Waals surface area contributed by atoms with Crippen molar-refractivity contribution >= 4 is 28.5 Å². The van der Waals surface area contributed by atoms with Gasteiger partial charge in [0.1, 0.15) is 0 Å². The zero-order valence-electron chi connectivity index (χ0n) is 8.59. The van der Waals surface area contributed by atoms with Crippen molar-refractivity contribution < 1.29 is 0 Å². The Morgan fingerprint density at radius 3 is 3.13 bits per heavy atom. The lowest BCUT2D eigenvalue weighted by Gasteiger charge is -2.08. The molecule has 0 atom stereocenters. The van der Waals surface area contributed by atoms with Crippen LogP contribution in [0.4, 0.5) is 0 Å². The number of aryl methyl sites for hydroxylation is 1. The maximum atomic E-state index is 6.19. The van der Waals surface area contributed by atoms with Gasteiger partial charge in [-0.2, -0.15) is 0 Å². The molecule has 0 saturated carbocycles. The van der Waals surface area contributed by atoms with Gasteiger partial charge in [-0.1, -0.05) is 41.6 Å². The molecule has 0 saturated heterocycles. The topological polar surface area (TPSA) is 24.4 Å². The highest BCUT2D eigenvalue weighted by molar-refractivity contribution is 8.14. The molecule has 0 amide bonds. The molecule has 0 aliphatic carbocycles. The van der Waals surface area contributed by atoms with Crippen molar-refractivity contribution in [3.63, 3.8) is 0 Å². The van der Waals surface area contributed by atoms with Crippen molar-refractivity contribution in [2.75, 3.05) is 12.3 Å². The molecule has 1 aliphatic heterocycles. The first kappa shape index (κ1) is 10.8. The van der Waals surface area contributed by atoms with Crippen molar-refractivity contribution in [1.82, 2.24) is 5.32 Å². The zero-order chi connectivity index (χ0) is 10.7. The lowest BCUT2D eigenvalue weighted by molar-refractivity contribution is 0.921. The molecule has 0 unspecified atom stereocenters. The molecule has 1 aromatic rings. The van der Waals surface area contributed by atoms with Gasteiger partial charge in [-0.15, -0.1) is 0 Å². The van der Waals surface area contributed by atoms with E-state index in [0.717, 1.165) is 40.2 Å². The molecular formula is C11H13ClN2S. The quantitative estimate of drug-likeness (QED) is 0.860. The normalized spacial score (nSPS) is 15.2. The summed E-state index contributed by atoms with van der Waals surface area (Å²) in [4.78, 5) is 4.33.